The normalized spacial score (nSPS) is 10.9. The first-order valence-corrected chi connectivity index (χ1v) is 11.1. The molecule has 0 saturated heterocycles. The third-order valence-electron chi connectivity index (χ3n) is 4.66. The van der Waals surface area contributed by atoms with Crippen molar-refractivity contribution in [2.45, 2.75) is 13.5 Å². The Balaban J connectivity index is 1.83. The second kappa shape index (κ2) is 11.8. The van der Waals surface area contributed by atoms with E-state index in [1.807, 2.05) is 6.07 Å². The van der Waals surface area contributed by atoms with Crippen LogP contribution in [0.2, 0.25) is 0 Å². The molecule has 0 aliphatic rings. The van der Waals surface area contributed by atoms with Crippen LogP contribution in [-0.2, 0) is 11.4 Å². The molecule has 0 atom stereocenters. The molecule has 0 unspecified atom stereocenters. The Kier molecular flexibility index (Phi) is 8.53. The van der Waals surface area contributed by atoms with E-state index in [4.69, 9.17) is 9.47 Å². The molecule has 3 aromatic rings. The van der Waals surface area contributed by atoms with Gasteiger partial charge in [0.15, 0.2) is 11.5 Å². The highest BCUT2D eigenvalue weighted by Gasteiger charge is 2.16. The molecule has 1 N–H and O–H groups in total. The fourth-order valence-electron chi connectivity index (χ4n) is 3.01. The quantitative estimate of drug-likeness (QED) is 0.154. The van der Waals surface area contributed by atoms with Crippen LogP contribution < -0.4 is 14.8 Å². The van der Waals surface area contributed by atoms with Crippen LogP contribution in [0, 0.1) is 27.3 Å². The standard InChI is InChI=1S/C25H19BrFN3O5/c1-2-34-23-13-17(11-18(14-28)25(31)29-22-6-4-3-5-21(22)27)12-20(26)24(23)35-15-16-7-9-19(10-8-16)30(32)33/h3-13H,2,15H2,1H3,(H,29,31)/b18-11-. The number of para-hydroxylation sites is 1. The molecule has 178 valence electrons. The fraction of sp³-hybridized carbons (Fsp3) is 0.120. The molecule has 0 heterocycles. The summed E-state index contributed by atoms with van der Waals surface area (Å²) in [6.07, 6.45) is 1.35. The lowest BCUT2D eigenvalue weighted by atomic mass is 10.1. The summed E-state index contributed by atoms with van der Waals surface area (Å²) in [5.74, 6) is -0.627. The molecule has 1 amide bonds. The van der Waals surface area contributed by atoms with E-state index < -0.39 is 16.6 Å². The van der Waals surface area contributed by atoms with Gasteiger partial charge in [0.25, 0.3) is 11.6 Å². The topological polar surface area (TPSA) is 114 Å². The Morgan fingerprint density at radius 1 is 1.20 bits per heavy atom. The van der Waals surface area contributed by atoms with Crippen molar-refractivity contribution >= 4 is 39.3 Å². The molecule has 0 aliphatic carbocycles. The molecule has 8 nitrogen and oxygen atoms in total. The smallest absolute Gasteiger partial charge is 0.269 e. The van der Waals surface area contributed by atoms with Crippen molar-refractivity contribution < 1.29 is 23.6 Å². The number of hydrogen-bond acceptors (Lipinski definition) is 6. The second-order valence-corrected chi connectivity index (χ2v) is 7.93. The minimum Gasteiger partial charge on any atom is -0.490 e. The second-order valence-electron chi connectivity index (χ2n) is 7.08. The van der Waals surface area contributed by atoms with Crippen molar-refractivity contribution in [1.29, 1.82) is 5.26 Å². The van der Waals surface area contributed by atoms with Gasteiger partial charge in [-0.1, -0.05) is 12.1 Å². The summed E-state index contributed by atoms with van der Waals surface area (Å²) in [5, 5.41) is 22.7. The van der Waals surface area contributed by atoms with Crippen LogP contribution >= 0.6 is 15.9 Å². The van der Waals surface area contributed by atoms with Gasteiger partial charge in [-0.2, -0.15) is 5.26 Å². The van der Waals surface area contributed by atoms with Gasteiger partial charge in [0.2, 0.25) is 0 Å². The van der Waals surface area contributed by atoms with Crippen LogP contribution in [0.1, 0.15) is 18.1 Å². The molecular weight excluding hydrogens is 521 g/mol. The number of rotatable bonds is 9. The van der Waals surface area contributed by atoms with Crippen molar-refractivity contribution in [2.24, 2.45) is 0 Å². The van der Waals surface area contributed by atoms with Crippen molar-refractivity contribution in [1.82, 2.24) is 0 Å². The molecular formula is C25H19BrFN3O5. The molecule has 0 bridgehead atoms. The third-order valence-corrected chi connectivity index (χ3v) is 5.25. The summed E-state index contributed by atoms with van der Waals surface area (Å²) in [5.41, 5.74) is 0.897. The van der Waals surface area contributed by atoms with Gasteiger partial charge in [0.1, 0.15) is 24.1 Å². The van der Waals surface area contributed by atoms with Crippen molar-refractivity contribution in [3.63, 3.8) is 0 Å². The summed E-state index contributed by atoms with van der Waals surface area (Å²) < 4.78 is 25.9. The fourth-order valence-corrected chi connectivity index (χ4v) is 3.59. The lowest BCUT2D eigenvalue weighted by molar-refractivity contribution is -0.384. The SMILES string of the molecule is CCOc1cc(/C=C(/C#N)C(=O)Nc2ccccc2F)cc(Br)c1OCc1ccc([N+](=O)[O-])cc1. The van der Waals surface area contributed by atoms with Gasteiger partial charge in [-0.15, -0.1) is 0 Å². The van der Waals surface area contributed by atoms with E-state index in [0.29, 0.717) is 33.7 Å². The van der Waals surface area contributed by atoms with Crippen molar-refractivity contribution in [2.75, 3.05) is 11.9 Å². The van der Waals surface area contributed by atoms with Gasteiger partial charge in [-0.3, -0.25) is 14.9 Å². The number of benzene rings is 3. The zero-order chi connectivity index (χ0) is 25.4. The Hall–Kier alpha value is -4.23. The number of carbonyl (C=O) groups is 1. The number of nitrogens with zero attached hydrogens (tertiary/aromatic N) is 2. The number of carbonyl (C=O) groups excluding carboxylic acids is 1. The van der Waals surface area contributed by atoms with Gasteiger partial charge < -0.3 is 14.8 Å². The van der Waals surface area contributed by atoms with Crippen molar-refractivity contribution in [3.8, 4) is 17.6 Å². The number of ether oxygens (including phenoxy) is 2. The van der Waals surface area contributed by atoms with Gasteiger partial charge in [-0.05, 0) is 76.5 Å². The minimum absolute atomic E-state index is 0.0200. The van der Waals surface area contributed by atoms with Crippen LogP contribution in [0.3, 0.4) is 0 Å². The maximum atomic E-state index is 13.8. The number of hydrogen-bond donors (Lipinski definition) is 1. The maximum absolute atomic E-state index is 13.8. The zero-order valence-corrected chi connectivity index (χ0v) is 20.0. The molecule has 0 spiro atoms. The Morgan fingerprint density at radius 3 is 2.54 bits per heavy atom. The van der Waals surface area contributed by atoms with E-state index in [1.165, 1.54) is 36.4 Å². The largest absolute Gasteiger partial charge is 0.490 e. The van der Waals surface area contributed by atoms with E-state index >= 15 is 0 Å². The van der Waals surface area contributed by atoms with Crippen molar-refractivity contribution in [3.05, 3.63) is 97.8 Å². The lowest BCUT2D eigenvalue weighted by Crippen LogP contribution is -2.14. The van der Waals surface area contributed by atoms with Gasteiger partial charge in [0, 0.05) is 12.1 Å². The maximum Gasteiger partial charge on any atom is 0.269 e. The Bertz CT molecular complexity index is 1320. The van der Waals surface area contributed by atoms with Gasteiger partial charge in [-0.25, -0.2) is 4.39 Å². The molecule has 0 aliphatic heterocycles. The molecule has 0 aromatic heterocycles. The van der Waals surface area contributed by atoms with Crippen LogP contribution in [-0.4, -0.2) is 17.4 Å². The number of anilines is 1. The van der Waals surface area contributed by atoms with Crippen LogP contribution in [0.5, 0.6) is 11.5 Å². The number of amides is 1. The zero-order valence-electron chi connectivity index (χ0n) is 18.5. The highest BCUT2D eigenvalue weighted by Crippen LogP contribution is 2.38. The van der Waals surface area contributed by atoms with Crippen LogP contribution in [0.15, 0.2) is 70.7 Å². The molecule has 35 heavy (non-hydrogen) atoms. The number of nitro groups is 1. The van der Waals surface area contributed by atoms with E-state index in [-0.39, 0.29) is 23.6 Å². The first-order chi connectivity index (χ1) is 16.8. The highest BCUT2D eigenvalue weighted by molar-refractivity contribution is 9.10. The van der Waals surface area contributed by atoms with E-state index in [9.17, 15) is 24.6 Å². The number of nitro benzene ring substituents is 1. The molecule has 3 rings (SSSR count). The minimum atomic E-state index is -0.759. The first kappa shape index (κ1) is 25.4. The van der Waals surface area contributed by atoms with Gasteiger partial charge >= 0.3 is 0 Å². The molecule has 0 fully saturated rings. The molecule has 0 radical (unpaired) electrons. The first-order valence-electron chi connectivity index (χ1n) is 10.3. The Morgan fingerprint density at radius 2 is 1.91 bits per heavy atom. The predicted molar refractivity (Wildman–Crippen MR) is 131 cm³/mol. The Labute approximate surface area is 208 Å². The average Bonchev–Trinajstić information content (AvgIpc) is 2.83. The molecule has 10 heteroatoms. The number of halogens is 2. The summed E-state index contributed by atoms with van der Waals surface area (Å²) in [6, 6.07) is 16.7. The molecule has 0 saturated carbocycles. The number of nitriles is 1. The summed E-state index contributed by atoms with van der Waals surface area (Å²) in [7, 11) is 0. The highest BCUT2D eigenvalue weighted by atomic mass is 79.9. The average molecular weight is 540 g/mol. The van der Waals surface area contributed by atoms with Crippen LogP contribution in [0.25, 0.3) is 6.08 Å². The van der Waals surface area contributed by atoms with E-state index in [0.717, 1.165) is 0 Å². The van der Waals surface area contributed by atoms with Crippen LogP contribution in [0.4, 0.5) is 15.8 Å². The predicted octanol–water partition coefficient (Wildman–Crippen LogP) is 6.02. The monoisotopic (exact) mass is 539 g/mol. The summed E-state index contributed by atoms with van der Waals surface area (Å²) in [4.78, 5) is 22.8. The number of nitrogens with one attached hydrogen (secondary N) is 1. The summed E-state index contributed by atoms with van der Waals surface area (Å²) in [6.45, 7) is 2.24. The molecule has 3 aromatic carbocycles. The van der Waals surface area contributed by atoms with E-state index in [1.54, 1.807) is 37.3 Å². The lowest BCUT2D eigenvalue weighted by Gasteiger charge is -2.15. The number of non-ortho nitro benzene ring substituents is 1. The summed E-state index contributed by atoms with van der Waals surface area (Å²) >= 11 is 3.43. The third kappa shape index (κ3) is 6.65. The van der Waals surface area contributed by atoms with Gasteiger partial charge in [0.05, 0.1) is 21.7 Å². The van der Waals surface area contributed by atoms with E-state index in [2.05, 4.69) is 21.2 Å².